The maximum absolute atomic E-state index is 12.2. The number of hydrogen-bond acceptors (Lipinski definition) is 6. The van der Waals surface area contributed by atoms with Crippen molar-refractivity contribution in [1.29, 1.82) is 0 Å². The van der Waals surface area contributed by atoms with Crippen LogP contribution in [0.2, 0.25) is 5.02 Å². The Labute approximate surface area is 174 Å². The third-order valence-corrected chi connectivity index (χ3v) is 5.59. The van der Waals surface area contributed by atoms with E-state index in [0.717, 1.165) is 16.8 Å². The van der Waals surface area contributed by atoms with E-state index in [0.29, 0.717) is 30.1 Å². The number of carbonyl (C=O) groups is 2. The van der Waals surface area contributed by atoms with Crippen LogP contribution in [0.4, 0.5) is 5.69 Å². The van der Waals surface area contributed by atoms with E-state index in [4.69, 9.17) is 21.1 Å². The van der Waals surface area contributed by atoms with Crippen LogP contribution in [0.15, 0.2) is 42.5 Å². The molecule has 2 heterocycles. The Morgan fingerprint density at radius 3 is 2.41 bits per heavy atom. The summed E-state index contributed by atoms with van der Waals surface area (Å²) in [6.45, 7) is 1.52. The standard InChI is InChI=1S/C22H23ClN2O4/c1-25(13-15-5-3-2-4-6-15)21-16-11-12-24-14-22(17(16)7-8-18(21)23)28-19(26)9-10-20(27)29-22/h2-8,24H,9-14H2,1H3. The van der Waals surface area contributed by atoms with E-state index in [1.165, 1.54) is 0 Å². The van der Waals surface area contributed by atoms with E-state index in [-0.39, 0.29) is 19.4 Å². The Morgan fingerprint density at radius 2 is 1.72 bits per heavy atom. The predicted molar refractivity (Wildman–Crippen MR) is 110 cm³/mol. The number of esters is 2. The number of fused-ring (bicyclic) bond motifs is 2. The van der Waals surface area contributed by atoms with E-state index < -0.39 is 17.7 Å². The number of carbonyl (C=O) groups excluding carboxylic acids is 2. The normalized spacial score (nSPS) is 18.3. The molecule has 29 heavy (non-hydrogen) atoms. The van der Waals surface area contributed by atoms with Gasteiger partial charge in [-0.1, -0.05) is 41.9 Å². The highest BCUT2D eigenvalue weighted by molar-refractivity contribution is 6.33. The number of benzene rings is 2. The average molecular weight is 415 g/mol. The van der Waals surface area contributed by atoms with Crippen LogP contribution in [0.5, 0.6) is 0 Å². The van der Waals surface area contributed by atoms with E-state index in [2.05, 4.69) is 22.3 Å². The molecule has 0 radical (unpaired) electrons. The molecule has 152 valence electrons. The molecule has 0 saturated carbocycles. The molecule has 2 aromatic rings. The third-order valence-electron chi connectivity index (χ3n) is 5.29. The number of hydrogen-bond donors (Lipinski definition) is 1. The molecule has 0 amide bonds. The molecule has 2 aliphatic heterocycles. The lowest BCUT2D eigenvalue weighted by molar-refractivity contribution is -0.225. The summed E-state index contributed by atoms with van der Waals surface area (Å²) in [5, 5.41) is 3.85. The van der Waals surface area contributed by atoms with Gasteiger partial charge in [-0.3, -0.25) is 9.59 Å². The molecule has 4 rings (SSSR count). The zero-order chi connectivity index (χ0) is 20.4. The lowest BCUT2D eigenvalue weighted by Crippen LogP contribution is -2.43. The molecule has 2 aromatic carbocycles. The van der Waals surface area contributed by atoms with Crippen molar-refractivity contribution >= 4 is 29.2 Å². The summed E-state index contributed by atoms with van der Waals surface area (Å²) >= 11 is 6.61. The largest absolute Gasteiger partial charge is 0.416 e. The van der Waals surface area contributed by atoms with Gasteiger partial charge in [0.1, 0.15) is 0 Å². The van der Waals surface area contributed by atoms with E-state index in [9.17, 15) is 9.59 Å². The molecular weight excluding hydrogens is 392 g/mol. The minimum Gasteiger partial charge on any atom is -0.416 e. The molecule has 1 N–H and O–H groups in total. The van der Waals surface area contributed by atoms with Gasteiger partial charge in [-0.05, 0) is 36.2 Å². The third kappa shape index (κ3) is 3.95. The fourth-order valence-electron chi connectivity index (χ4n) is 4.01. The van der Waals surface area contributed by atoms with Gasteiger partial charge in [0.05, 0.1) is 30.1 Å². The number of nitrogens with one attached hydrogen (secondary N) is 1. The summed E-state index contributed by atoms with van der Waals surface area (Å²) in [4.78, 5) is 26.5. The van der Waals surface area contributed by atoms with Crippen LogP contribution in [0.25, 0.3) is 0 Å². The molecule has 0 bridgehead atoms. The number of rotatable bonds is 3. The molecule has 1 spiro atoms. The minimum atomic E-state index is -1.47. The highest BCUT2D eigenvalue weighted by Gasteiger charge is 2.46. The summed E-state index contributed by atoms with van der Waals surface area (Å²) in [5.41, 5.74) is 3.60. The van der Waals surface area contributed by atoms with Crippen molar-refractivity contribution in [2.75, 3.05) is 25.0 Å². The Hall–Kier alpha value is -2.57. The lowest BCUT2D eigenvalue weighted by Gasteiger charge is -2.33. The van der Waals surface area contributed by atoms with Gasteiger partial charge in [0.15, 0.2) is 0 Å². The average Bonchev–Trinajstić information content (AvgIpc) is 2.95. The molecule has 0 atom stereocenters. The van der Waals surface area contributed by atoms with Gasteiger partial charge >= 0.3 is 11.9 Å². The molecule has 6 nitrogen and oxygen atoms in total. The lowest BCUT2D eigenvalue weighted by atomic mass is 9.95. The fourth-order valence-corrected chi connectivity index (χ4v) is 4.33. The predicted octanol–water partition coefficient (Wildman–Crippen LogP) is 3.16. The van der Waals surface area contributed by atoms with Gasteiger partial charge in [0.2, 0.25) is 0 Å². The van der Waals surface area contributed by atoms with Crippen molar-refractivity contribution in [3.05, 3.63) is 64.2 Å². The zero-order valence-electron chi connectivity index (χ0n) is 16.2. The first kappa shape index (κ1) is 19.7. The van der Waals surface area contributed by atoms with Crippen molar-refractivity contribution in [3.63, 3.8) is 0 Å². The minimum absolute atomic E-state index is 0.0181. The van der Waals surface area contributed by atoms with Gasteiger partial charge in [0.25, 0.3) is 5.79 Å². The molecule has 1 saturated heterocycles. The Bertz CT molecular complexity index is 914. The Kier molecular flexibility index (Phi) is 5.48. The van der Waals surface area contributed by atoms with Crippen LogP contribution < -0.4 is 10.2 Å². The SMILES string of the molecule is CN(Cc1ccccc1)c1c(Cl)ccc2c1CCNCC21OC(=O)CCC(=O)O1. The fraction of sp³-hybridized carbons (Fsp3) is 0.364. The summed E-state index contributed by atoms with van der Waals surface area (Å²) in [6.07, 6.45) is 0.704. The van der Waals surface area contributed by atoms with Crippen LogP contribution in [-0.2, 0) is 37.8 Å². The first-order valence-electron chi connectivity index (χ1n) is 9.70. The van der Waals surface area contributed by atoms with Crippen LogP contribution in [0.1, 0.15) is 29.5 Å². The first-order valence-corrected chi connectivity index (χ1v) is 10.1. The molecule has 0 unspecified atom stereocenters. The van der Waals surface area contributed by atoms with Crippen LogP contribution >= 0.6 is 11.6 Å². The number of halogens is 1. The molecule has 0 aliphatic carbocycles. The Morgan fingerprint density at radius 1 is 1.03 bits per heavy atom. The van der Waals surface area contributed by atoms with Gasteiger partial charge in [0, 0.05) is 19.2 Å². The number of ether oxygens (including phenoxy) is 2. The monoisotopic (exact) mass is 414 g/mol. The highest BCUT2D eigenvalue weighted by Crippen LogP contribution is 2.41. The van der Waals surface area contributed by atoms with E-state index >= 15 is 0 Å². The zero-order valence-corrected chi connectivity index (χ0v) is 17.0. The molecule has 2 aliphatic rings. The van der Waals surface area contributed by atoms with E-state index in [1.54, 1.807) is 12.1 Å². The summed E-state index contributed by atoms with van der Waals surface area (Å²) in [5.74, 6) is -2.36. The van der Waals surface area contributed by atoms with Crippen molar-refractivity contribution < 1.29 is 19.1 Å². The Balaban J connectivity index is 1.79. The molecule has 1 fully saturated rings. The highest BCUT2D eigenvalue weighted by atomic mass is 35.5. The van der Waals surface area contributed by atoms with Gasteiger partial charge < -0.3 is 19.7 Å². The van der Waals surface area contributed by atoms with Crippen LogP contribution in [0.3, 0.4) is 0 Å². The maximum Gasteiger partial charge on any atom is 0.309 e. The summed E-state index contributed by atoms with van der Waals surface area (Å²) in [6, 6.07) is 13.7. The van der Waals surface area contributed by atoms with Gasteiger partial charge in [-0.15, -0.1) is 0 Å². The summed E-state index contributed by atoms with van der Waals surface area (Å²) < 4.78 is 11.4. The second-order valence-corrected chi connectivity index (χ2v) is 7.80. The number of nitrogens with zero attached hydrogens (tertiary/aromatic N) is 1. The van der Waals surface area contributed by atoms with Crippen molar-refractivity contribution in [1.82, 2.24) is 5.32 Å². The molecule has 0 aromatic heterocycles. The molecule has 7 heteroatoms. The quantitative estimate of drug-likeness (QED) is 0.778. The van der Waals surface area contributed by atoms with Crippen molar-refractivity contribution in [3.8, 4) is 0 Å². The van der Waals surface area contributed by atoms with Crippen LogP contribution in [-0.4, -0.2) is 32.1 Å². The second kappa shape index (κ2) is 8.05. The smallest absolute Gasteiger partial charge is 0.309 e. The second-order valence-electron chi connectivity index (χ2n) is 7.39. The van der Waals surface area contributed by atoms with Crippen LogP contribution in [0, 0.1) is 0 Å². The van der Waals surface area contributed by atoms with Gasteiger partial charge in [-0.2, -0.15) is 0 Å². The maximum atomic E-state index is 12.2. The summed E-state index contributed by atoms with van der Waals surface area (Å²) in [7, 11) is 1.98. The van der Waals surface area contributed by atoms with Gasteiger partial charge in [-0.25, -0.2) is 0 Å². The van der Waals surface area contributed by atoms with Crippen molar-refractivity contribution in [2.24, 2.45) is 0 Å². The molecular formula is C22H23ClN2O4. The van der Waals surface area contributed by atoms with Crippen molar-refractivity contribution in [2.45, 2.75) is 31.6 Å². The van der Waals surface area contributed by atoms with E-state index in [1.807, 2.05) is 25.2 Å². The topological polar surface area (TPSA) is 67.9 Å². The number of anilines is 1. The first-order chi connectivity index (χ1) is 14.0.